The molecule has 8 nitrogen and oxygen atoms in total. The van der Waals surface area contributed by atoms with Gasteiger partial charge in [-0.1, -0.05) is 48.5 Å². The quantitative estimate of drug-likeness (QED) is 0.131. The molecule has 1 atom stereocenters. The van der Waals surface area contributed by atoms with Crippen LogP contribution < -0.4 is 27.4 Å². The van der Waals surface area contributed by atoms with Crippen LogP contribution in [0.1, 0.15) is 28.4 Å². The van der Waals surface area contributed by atoms with Crippen molar-refractivity contribution in [2.24, 2.45) is 16.5 Å². The Balaban J connectivity index is 1.28. The summed E-state index contributed by atoms with van der Waals surface area (Å²) < 4.78 is 0. The number of fused-ring (bicyclic) bond motifs is 1. The third-order valence-electron chi connectivity index (χ3n) is 6.53. The molecule has 5 rings (SSSR count). The average molecular weight is 489 g/mol. The van der Waals surface area contributed by atoms with E-state index in [-0.39, 0.29) is 17.8 Å². The predicted octanol–water partition coefficient (Wildman–Crippen LogP) is 4.82. The Morgan fingerprint density at radius 2 is 1.43 bits per heavy atom. The summed E-state index contributed by atoms with van der Waals surface area (Å²) in [6.45, 7) is 0. The van der Waals surface area contributed by atoms with Crippen molar-refractivity contribution in [3.8, 4) is 11.1 Å². The third-order valence-corrected chi connectivity index (χ3v) is 6.53. The summed E-state index contributed by atoms with van der Waals surface area (Å²) >= 11 is 0. The van der Waals surface area contributed by atoms with E-state index >= 15 is 0 Å². The number of nitrogens with two attached hydrogens (primary N) is 3. The van der Waals surface area contributed by atoms with Gasteiger partial charge in [0, 0.05) is 24.4 Å². The number of benzene rings is 4. The maximum absolute atomic E-state index is 7.69. The van der Waals surface area contributed by atoms with Gasteiger partial charge in [-0.05, 0) is 58.7 Å². The van der Waals surface area contributed by atoms with Gasteiger partial charge in [0.25, 0.3) is 0 Å². The second kappa shape index (κ2) is 9.50. The molecule has 1 aliphatic rings. The average Bonchev–Trinajstić information content (AvgIpc) is 3.24. The molecule has 0 aromatic heterocycles. The van der Waals surface area contributed by atoms with Crippen LogP contribution in [-0.4, -0.2) is 24.9 Å². The summed E-state index contributed by atoms with van der Waals surface area (Å²) in [6.07, 6.45) is 1.77. The van der Waals surface area contributed by atoms with Crippen LogP contribution in [0.3, 0.4) is 0 Å². The summed E-state index contributed by atoms with van der Waals surface area (Å²) in [5, 5.41) is 18.7. The van der Waals surface area contributed by atoms with Crippen molar-refractivity contribution in [1.29, 1.82) is 10.8 Å². The van der Waals surface area contributed by atoms with E-state index in [1.165, 1.54) is 0 Å². The monoisotopic (exact) mass is 488 g/mol. The maximum atomic E-state index is 7.69. The largest absolute Gasteiger partial charge is 0.397 e. The second-order valence-corrected chi connectivity index (χ2v) is 8.99. The number of aliphatic imine (C=N–C) groups is 1. The Labute approximate surface area is 215 Å². The molecule has 37 heavy (non-hydrogen) atoms. The predicted molar refractivity (Wildman–Crippen MR) is 153 cm³/mol. The normalized spacial score (nSPS) is 14.4. The first-order valence-corrected chi connectivity index (χ1v) is 11.8. The van der Waals surface area contributed by atoms with Gasteiger partial charge in [-0.25, -0.2) is 0 Å². The van der Waals surface area contributed by atoms with Crippen LogP contribution in [0, 0.1) is 10.8 Å². The zero-order valence-corrected chi connectivity index (χ0v) is 20.4. The Morgan fingerprint density at radius 1 is 0.838 bits per heavy atom. The number of amidine groups is 2. The highest BCUT2D eigenvalue weighted by molar-refractivity contribution is 5.98. The topological polar surface area (TPSA) is 153 Å². The lowest BCUT2D eigenvalue weighted by molar-refractivity contribution is 0.792. The Hall–Kier alpha value is -5.11. The summed E-state index contributed by atoms with van der Waals surface area (Å²) in [5.74, 6) is 0.0375. The number of hydrogen-bond acceptors (Lipinski definition) is 6. The molecule has 1 unspecified atom stereocenters. The van der Waals surface area contributed by atoms with E-state index in [1.807, 2.05) is 30.3 Å². The molecule has 4 aromatic carbocycles. The van der Waals surface area contributed by atoms with E-state index < -0.39 is 0 Å². The smallest absolute Gasteiger partial charge is 0.125 e. The first-order valence-electron chi connectivity index (χ1n) is 11.8. The van der Waals surface area contributed by atoms with Crippen molar-refractivity contribution in [2.75, 3.05) is 23.0 Å². The minimum atomic E-state index is -0.0225. The highest BCUT2D eigenvalue weighted by Gasteiger charge is 2.27. The molecule has 0 saturated heterocycles. The summed E-state index contributed by atoms with van der Waals surface area (Å²) in [4.78, 5) is 6.67. The summed E-state index contributed by atoms with van der Waals surface area (Å²) in [6, 6.07) is 27.6. The molecule has 0 aliphatic carbocycles. The van der Waals surface area contributed by atoms with Crippen LogP contribution >= 0.6 is 0 Å². The van der Waals surface area contributed by atoms with E-state index in [4.69, 9.17) is 28.0 Å². The molecule has 0 saturated carbocycles. The zero-order chi connectivity index (χ0) is 26.1. The fourth-order valence-electron chi connectivity index (χ4n) is 4.42. The molecule has 0 amide bonds. The minimum Gasteiger partial charge on any atom is -0.397 e. The molecule has 0 radical (unpaired) electrons. The summed E-state index contributed by atoms with van der Waals surface area (Å²) in [5.41, 5.74) is 26.0. The highest BCUT2D eigenvalue weighted by Crippen LogP contribution is 2.40. The molecule has 9 N–H and O–H groups in total. The number of nitrogens with one attached hydrogen (secondary N) is 3. The van der Waals surface area contributed by atoms with Crippen molar-refractivity contribution in [3.05, 3.63) is 107 Å². The van der Waals surface area contributed by atoms with Gasteiger partial charge in [-0.3, -0.25) is 15.8 Å². The first-order chi connectivity index (χ1) is 17.8. The van der Waals surface area contributed by atoms with Crippen LogP contribution in [0.25, 0.3) is 11.1 Å². The minimum absolute atomic E-state index is 0.00166. The van der Waals surface area contributed by atoms with Gasteiger partial charge in [0.15, 0.2) is 0 Å². The Bertz CT molecular complexity index is 1520. The molecule has 1 heterocycles. The van der Waals surface area contributed by atoms with E-state index in [2.05, 4.69) is 58.7 Å². The van der Waals surface area contributed by atoms with Crippen LogP contribution in [0.5, 0.6) is 0 Å². The first kappa shape index (κ1) is 23.6. The van der Waals surface area contributed by atoms with E-state index in [0.29, 0.717) is 22.5 Å². The number of nitrogen functional groups attached to an aromatic ring is 3. The van der Waals surface area contributed by atoms with Gasteiger partial charge < -0.3 is 27.4 Å². The van der Waals surface area contributed by atoms with Gasteiger partial charge in [0.1, 0.15) is 17.8 Å². The summed E-state index contributed by atoms with van der Waals surface area (Å²) in [7, 11) is 2.05. The molecule has 1 aliphatic heterocycles. The van der Waals surface area contributed by atoms with Gasteiger partial charge >= 0.3 is 0 Å². The molecule has 0 fully saturated rings. The van der Waals surface area contributed by atoms with Crippen LogP contribution in [0.2, 0.25) is 0 Å². The highest BCUT2D eigenvalue weighted by atomic mass is 15.3. The van der Waals surface area contributed by atoms with Crippen molar-refractivity contribution in [1.82, 2.24) is 0 Å². The van der Waals surface area contributed by atoms with E-state index in [1.54, 1.807) is 24.4 Å². The lowest BCUT2D eigenvalue weighted by Gasteiger charge is -2.22. The van der Waals surface area contributed by atoms with Gasteiger partial charge in [-0.15, -0.1) is 0 Å². The van der Waals surface area contributed by atoms with Gasteiger partial charge in [0.2, 0.25) is 0 Å². The van der Waals surface area contributed by atoms with Crippen molar-refractivity contribution >= 4 is 40.6 Å². The number of anilines is 3. The Kier molecular flexibility index (Phi) is 6.07. The molecule has 184 valence electrons. The fourth-order valence-corrected chi connectivity index (χ4v) is 4.42. The third kappa shape index (κ3) is 4.72. The van der Waals surface area contributed by atoms with Crippen LogP contribution in [0.15, 0.2) is 89.9 Å². The number of hydrogen-bond donors (Lipinski definition) is 6. The molecular formula is C29H28N8. The number of rotatable bonds is 6. The molecule has 0 bridgehead atoms. The standard InChI is InChI=1S/C29H28N8/c1-37-26-13-11-22(28(33)34)15-25(26)36-29(37)20-8-6-19(7-9-20)18-4-2-17(3-5-18)16-35-24-12-10-21(27(31)32)14-23(24)30/h2-16,29,36H,30H2,1H3,(H3,31,32)(H3,33,34). The molecule has 8 heteroatoms. The number of nitrogens with zero attached hydrogens (tertiary/aromatic N) is 2. The fraction of sp³-hybridized carbons (Fsp3) is 0.0690. The SMILES string of the molecule is CN1c2ccc(C(=N)N)cc2NC1c1ccc(-c2ccc(C=Nc3ccc(C(=N)N)cc3N)cc2)cc1. The molecule has 0 spiro atoms. The van der Waals surface area contributed by atoms with E-state index in [0.717, 1.165) is 33.6 Å². The van der Waals surface area contributed by atoms with Crippen LogP contribution in [-0.2, 0) is 0 Å². The Morgan fingerprint density at radius 3 is 2.05 bits per heavy atom. The van der Waals surface area contributed by atoms with Gasteiger partial charge in [0.05, 0.1) is 22.7 Å². The lowest BCUT2D eigenvalue weighted by Crippen LogP contribution is -2.23. The zero-order valence-electron chi connectivity index (χ0n) is 20.4. The molecular weight excluding hydrogens is 460 g/mol. The maximum Gasteiger partial charge on any atom is 0.125 e. The van der Waals surface area contributed by atoms with Crippen molar-refractivity contribution in [2.45, 2.75) is 6.17 Å². The van der Waals surface area contributed by atoms with Crippen molar-refractivity contribution < 1.29 is 0 Å². The van der Waals surface area contributed by atoms with Gasteiger partial charge in [-0.2, -0.15) is 0 Å². The second-order valence-electron chi connectivity index (χ2n) is 8.99. The molecule has 4 aromatic rings. The lowest BCUT2D eigenvalue weighted by atomic mass is 10.0. The van der Waals surface area contributed by atoms with E-state index in [9.17, 15) is 0 Å². The van der Waals surface area contributed by atoms with Crippen LogP contribution in [0.4, 0.5) is 22.7 Å². The van der Waals surface area contributed by atoms with Crippen molar-refractivity contribution in [3.63, 3.8) is 0 Å².